The van der Waals surface area contributed by atoms with Gasteiger partial charge in [0.25, 0.3) is 0 Å². The van der Waals surface area contributed by atoms with Gasteiger partial charge in [-0.05, 0) is 49.9 Å². The lowest BCUT2D eigenvalue weighted by atomic mass is 9.93. The van der Waals surface area contributed by atoms with Crippen LogP contribution in [0, 0.1) is 0 Å². The predicted octanol–water partition coefficient (Wildman–Crippen LogP) is 5.78. The van der Waals surface area contributed by atoms with Gasteiger partial charge in [-0.25, -0.2) is 0 Å². The fourth-order valence-electron chi connectivity index (χ4n) is 3.83. The standard InChI is InChI=1S/C24H28Cl2N2O2S/c1-3-20(17-7-5-4-6-8-17)24(30)28-13-11-19(12-14-28)27-23(29)16(2)31-22-15-18(25)9-10-21(22)26/h4-10,15-16,19-20H,3,11-14H2,1-2H3,(H,27,29). The van der Waals surface area contributed by atoms with Crippen LogP contribution in [0.25, 0.3) is 0 Å². The minimum atomic E-state index is -0.293. The second-order valence-electron chi connectivity index (χ2n) is 7.81. The molecule has 1 heterocycles. The van der Waals surface area contributed by atoms with E-state index < -0.39 is 0 Å². The zero-order valence-corrected chi connectivity index (χ0v) is 20.1. The molecule has 2 aromatic rings. The molecule has 31 heavy (non-hydrogen) atoms. The fraction of sp³-hybridized carbons (Fsp3) is 0.417. The zero-order chi connectivity index (χ0) is 22.4. The number of likely N-dealkylation sites (tertiary alicyclic amines) is 1. The van der Waals surface area contributed by atoms with Crippen LogP contribution >= 0.6 is 35.0 Å². The Morgan fingerprint density at radius 2 is 1.81 bits per heavy atom. The number of amides is 2. The van der Waals surface area contributed by atoms with Crippen molar-refractivity contribution in [3.05, 3.63) is 64.1 Å². The maximum atomic E-state index is 13.0. The Morgan fingerprint density at radius 1 is 1.13 bits per heavy atom. The number of hydrogen-bond donors (Lipinski definition) is 1. The van der Waals surface area contributed by atoms with Gasteiger partial charge in [-0.3, -0.25) is 9.59 Å². The number of carbonyl (C=O) groups is 2. The number of benzene rings is 2. The minimum absolute atomic E-state index is 0.0264. The van der Waals surface area contributed by atoms with Crippen LogP contribution in [0.4, 0.5) is 0 Å². The largest absolute Gasteiger partial charge is 0.352 e. The molecule has 1 fully saturated rings. The van der Waals surface area contributed by atoms with E-state index in [0.29, 0.717) is 23.1 Å². The Balaban J connectivity index is 1.50. The van der Waals surface area contributed by atoms with Crippen molar-refractivity contribution in [3.63, 3.8) is 0 Å². The van der Waals surface area contributed by atoms with Gasteiger partial charge in [-0.1, -0.05) is 60.5 Å². The lowest BCUT2D eigenvalue weighted by Crippen LogP contribution is -2.49. The zero-order valence-electron chi connectivity index (χ0n) is 17.8. The van der Waals surface area contributed by atoms with Crippen LogP contribution < -0.4 is 5.32 Å². The topological polar surface area (TPSA) is 49.4 Å². The molecule has 7 heteroatoms. The van der Waals surface area contributed by atoms with E-state index in [1.54, 1.807) is 18.2 Å². The maximum absolute atomic E-state index is 13.0. The summed E-state index contributed by atoms with van der Waals surface area (Å²) >= 11 is 13.7. The summed E-state index contributed by atoms with van der Waals surface area (Å²) in [6, 6.07) is 15.3. The summed E-state index contributed by atoms with van der Waals surface area (Å²) in [5.74, 6) is 0.0470. The van der Waals surface area contributed by atoms with Crippen molar-refractivity contribution in [1.29, 1.82) is 0 Å². The monoisotopic (exact) mass is 478 g/mol. The van der Waals surface area contributed by atoms with E-state index in [1.807, 2.05) is 49.1 Å². The number of halogens is 2. The van der Waals surface area contributed by atoms with Crippen LogP contribution in [0.5, 0.6) is 0 Å². The van der Waals surface area contributed by atoms with Gasteiger partial charge in [0, 0.05) is 29.0 Å². The Morgan fingerprint density at radius 3 is 2.45 bits per heavy atom. The Labute approximate surface area is 198 Å². The highest BCUT2D eigenvalue weighted by Gasteiger charge is 2.29. The number of nitrogens with one attached hydrogen (secondary N) is 1. The van der Waals surface area contributed by atoms with Crippen molar-refractivity contribution >= 4 is 46.8 Å². The highest BCUT2D eigenvalue weighted by atomic mass is 35.5. The molecule has 0 spiro atoms. The number of nitrogens with zero attached hydrogens (tertiary/aromatic N) is 1. The molecule has 1 N–H and O–H groups in total. The number of rotatable bonds is 7. The van der Waals surface area contributed by atoms with Gasteiger partial charge in [-0.2, -0.15) is 0 Å². The number of piperidine rings is 1. The highest BCUT2D eigenvalue weighted by Crippen LogP contribution is 2.33. The van der Waals surface area contributed by atoms with Crippen molar-refractivity contribution in [2.24, 2.45) is 0 Å². The van der Waals surface area contributed by atoms with E-state index >= 15 is 0 Å². The molecule has 166 valence electrons. The summed E-state index contributed by atoms with van der Waals surface area (Å²) in [6.07, 6.45) is 2.30. The second-order valence-corrected chi connectivity index (χ2v) is 10.0. The predicted molar refractivity (Wildman–Crippen MR) is 129 cm³/mol. The molecule has 1 aliphatic rings. The Kier molecular flexibility index (Phi) is 8.70. The normalized spacial score (nSPS) is 16.6. The van der Waals surface area contributed by atoms with Crippen molar-refractivity contribution in [3.8, 4) is 0 Å². The van der Waals surface area contributed by atoms with Crippen LogP contribution in [0.1, 0.15) is 44.6 Å². The van der Waals surface area contributed by atoms with Gasteiger partial charge in [0.05, 0.1) is 16.2 Å². The fourth-order valence-corrected chi connectivity index (χ4v) is 5.25. The molecule has 2 aromatic carbocycles. The molecule has 1 saturated heterocycles. The molecular weight excluding hydrogens is 451 g/mol. The van der Waals surface area contributed by atoms with E-state index in [4.69, 9.17) is 23.2 Å². The van der Waals surface area contributed by atoms with E-state index in [0.717, 1.165) is 29.7 Å². The van der Waals surface area contributed by atoms with Crippen molar-refractivity contribution in [2.45, 2.75) is 55.2 Å². The molecule has 3 rings (SSSR count). The molecule has 2 amide bonds. The lowest BCUT2D eigenvalue weighted by molar-refractivity contribution is -0.134. The van der Waals surface area contributed by atoms with E-state index in [9.17, 15) is 9.59 Å². The molecule has 4 nitrogen and oxygen atoms in total. The summed E-state index contributed by atoms with van der Waals surface area (Å²) in [5, 5.41) is 4.02. The molecule has 1 aliphatic heterocycles. The minimum Gasteiger partial charge on any atom is -0.352 e. The molecule has 0 aliphatic carbocycles. The first-order valence-electron chi connectivity index (χ1n) is 10.6. The molecule has 0 bridgehead atoms. The second kappa shape index (κ2) is 11.3. The van der Waals surface area contributed by atoms with Crippen LogP contribution in [0.15, 0.2) is 53.4 Å². The first-order valence-corrected chi connectivity index (χ1v) is 12.3. The van der Waals surface area contributed by atoms with Crippen molar-refractivity contribution in [2.75, 3.05) is 13.1 Å². The highest BCUT2D eigenvalue weighted by molar-refractivity contribution is 8.00. The summed E-state index contributed by atoms with van der Waals surface area (Å²) in [6.45, 7) is 5.24. The summed E-state index contributed by atoms with van der Waals surface area (Å²) in [5.41, 5.74) is 1.07. The van der Waals surface area contributed by atoms with Gasteiger partial charge in [0.1, 0.15) is 0 Å². The molecule has 0 radical (unpaired) electrons. The number of hydrogen-bond acceptors (Lipinski definition) is 3. The molecule has 0 saturated carbocycles. The Bertz CT molecular complexity index is 902. The lowest BCUT2D eigenvalue weighted by Gasteiger charge is -2.35. The number of thioether (sulfide) groups is 1. The third-order valence-electron chi connectivity index (χ3n) is 5.63. The van der Waals surface area contributed by atoms with Crippen LogP contribution in [-0.4, -0.2) is 41.1 Å². The molecule has 2 atom stereocenters. The summed E-state index contributed by atoms with van der Waals surface area (Å²) < 4.78 is 0. The Hall–Kier alpha value is -1.69. The number of carbonyl (C=O) groups excluding carboxylic acids is 2. The van der Waals surface area contributed by atoms with Gasteiger partial charge in [0.15, 0.2) is 0 Å². The molecular formula is C24H28Cl2N2O2S. The summed E-state index contributed by atoms with van der Waals surface area (Å²) in [4.78, 5) is 28.5. The summed E-state index contributed by atoms with van der Waals surface area (Å²) in [7, 11) is 0. The van der Waals surface area contributed by atoms with Crippen LogP contribution in [0.3, 0.4) is 0 Å². The third-order valence-corrected chi connectivity index (χ3v) is 7.46. The quantitative estimate of drug-likeness (QED) is 0.513. The van der Waals surface area contributed by atoms with E-state index in [2.05, 4.69) is 5.32 Å². The molecule has 2 unspecified atom stereocenters. The van der Waals surface area contributed by atoms with E-state index in [-0.39, 0.29) is 29.0 Å². The van der Waals surface area contributed by atoms with Gasteiger partial charge in [-0.15, -0.1) is 11.8 Å². The average Bonchev–Trinajstić information content (AvgIpc) is 2.78. The third kappa shape index (κ3) is 6.41. The first-order chi connectivity index (χ1) is 14.9. The molecule has 0 aromatic heterocycles. The van der Waals surface area contributed by atoms with Gasteiger partial charge < -0.3 is 10.2 Å². The maximum Gasteiger partial charge on any atom is 0.233 e. The van der Waals surface area contributed by atoms with Crippen LogP contribution in [0.2, 0.25) is 10.0 Å². The first kappa shape index (κ1) is 24.0. The van der Waals surface area contributed by atoms with Crippen molar-refractivity contribution in [1.82, 2.24) is 10.2 Å². The average molecular weight is 479 g/mol. The van der Waals surface area contributed by atoms with Gasteiger partial charge >= 0.3 is 0 Å². The van der Waals surface area contributed by atoms with Gasteiger partial charge in [0.2, 0.25) is 11.8 Å². The van der Waals surface area contributed by atoms with Crippen LogP contribution in [-0.2, 0) is 9.59 Å². The smallest absolute Gasteiger partial charge is 0.233 e. The SMILES string of the molecule is CCC(C(=O)N1CCC(NC(=O)C(C)Sc2cc(Cl)ccc2Cl)CC1)c1ccccc1. The van der Waals surface area contributed by atoms with Crippen molar-refractivity contribution < 1.29 is 9.59 Å². The van der Waals surface area contributed by atoms with E-state index in [1.165, 1.54) is 11.8 Å².